The predicted molar refractivity (Wildman–Crippen MR) is 113 cm³/mol. The molecule has 0 saturated carbocycles. The Bertz CT molecular complexity index is 1350. The molecule has 0 saturated heterocycles. The smallest absolute Gasteiger partial charge is 0.267 e. The first-order valence-electron chi connectivity index (χ1n) is 9.34. The number of hydrogen-bond acceptors (Lipinski definition) is 2. The van der Waals surface area contributed by atoms with Gasteiger partial charge in [0.05, 0.1) is 28.8 Å². The van der Waals surface area contributed by atoms with Crippen LogP contribution >= 0.6 is 0 Å². The van der Waals surface area contributed by atoms with Crippen molar-refractivity contribution in [2.75, 3.05) is 0 Å². The van der Waals surface area contributed by atoms with Gasteiger partial charge in [-0.3, -0.25) is 4.79 Å². The second-order valence-corrected chi connectivity index (χ2v) is 6.94. The lowest BCUT2D eigenvalue weighted by molar-refractivity contribution is 0.812. The van der Waals surface area contributed by atoms with Gasteiger partial charge in [0.1, 0.15) is 0 Å². The monoisotopic (exact) mass is 365 g/mol. The van der Waals surface area contributed by atoms with E-state index in [-0.39, 0.29) is 5.56 Å². The minimum absolute atomic E-state index is 0.0258. The minimum atomic E-state index is -0.0258. The van der Waals surface area contributed by atoms with Crippen LogP contribution in [0.3, 0.4) is 0 Å². The first-order valence-corrected chi connectivity index (χ1v) is 9.34. The Morgan fingerprint density at radius 1 is 0.821 bits per heavy atom. The van der Waals surface area contributed by atoms with E-state index in [1.165, 1.54) is 5.56 Å². The molecule has 0 unspecified atom stereocenters. The quantitative estimate of drug-likeness (QED) is 0.466. The highest BCUT2D eigenvalue weighted by atomic mass is 16.1. The minimum Gasteiger partial charge on any atom is -0.306 e. The van der Waals surface area contributed by atoms with Gasteiger partial charge in [0.2, 0.25) is 5.78 Å². The summed E-state index contributed by atoms with van der Waals surface area (Å²) in [4.78, 5) is 18.2. The first-order chi connectivity index (χ1) is 13.7. The fourth-order valence-electron chi connectivity index (χ4n) is 3.82. The average Bonchev–Trinajstić information content (AvgIpc) is 3.10. The summed E-state index contributed by atoms with van der Waals surface area (Å²) in [6, 6.07) is 28.0. The summed E-state index contributed by atoms with van der Waals surface area (Å²) in [5, 5.41) is 0.700. The van der Waals surface area contributed by atoms with E-state index in [1.54, 1.807) is 4.40 Å². The molecule has 4 nitrogen and oxygen atoms in total. The van der Waals surface area contributed by atoms with Gasteiger partial charge >= 0.3 is 0 Å². The second-order valence-electron chi connectivity index (χ2n) is 6.94. The van der Waals surface area contributed by atoms with Gasteiger partial charge in [-0.2, -0.15) is 0 Å². The lowest BCUT2D eigenvalue weighted by Gasteiger charge is -2.13. The zero-order valence-electron chi connectivity index (χ0n) is 15.5. The molecule has 0 bridgehead atoms. The van der Waals surface area contributed by atoms with Crippen molar-refractivity contribution >= 4 is 16.7 Å². The third kappa shape index (κ3) is 2.54. The molecule has 0 aliphatic carbocycles. The molecule has 3 aromatic carbocycles. The number of nitrogens with zero attached hydrogens (tertiary/aromatic N) is 3. The van der Waals surface area contributed by atoms with Crippen LogP contribution in [0, 0.1) is 6.92 Å². The van der Waals surface area contributed by atoms with Crippen molar-refractivity contribution in [1.29, 1.82) is 0 Å². The molecule has 0 amide bonds. The molecule has 0 N–H and O–H groups in total. The maximum atomic E-state index is 13.3. The third-order valence-electron chi connectivity index (χ3n) is 5.19. The largest absolute Gasteiger partial charge is 0.306 e. The summed E-state index contributed by atoms with van der Waals surface area (Å²) in [6.07, 6.45) is 0. The molecule has 136 valence electrons. The third-order valence-corrected chi connectivity index (χ3v) is 5.19. The van der Waals surface area contributed by atoms with Crippen LogP contribution in [0.1, 0.15) is 11.3 Å². The molecule has 5 aromatic rings. The molecule has 0 aliphatic rings. The summed E-state index contributed by atoms with van der Waals surface area (Å²) in [5.41, 5.74) is 4.75. The van der Waals surface area contributed by atoms with E-state index in [2.05, 4.69) is 16.7 Å². The topological polar surface area (TPSA) is 39.3 Å². The number of imidazole rings is 1. The van der Waals surface area contributed by atoms with Crippen LogP contribution in [0.5, 0.6) is 0 Å². The second kappa shape index (κ2) is 6.50. The van der Waals surface area contributed by atoms with Crippen molar-refractivity contribution in [3.05, 3.63) is 107 Å². The van der Waals surface area contributed by atoms with Crippen molar-refractivity contribution in [3.63, 3.8) is 0 Å². The standard InChI is InChI=1S/C24H19N3O/c1-17-22(19-12-6-3-7-13-19)25-24-26(16-18-10-4-2-5-11-18)21-15-9-8-14-20(21)23(28)27(17)24/h2-15H,16H2,1H3. The fourth-order valence-corrected chi connectivity index (χ4v) is 3.82. The van der Waals surface area contributed by atoms with Gasteiger partial charge in [-0.15, -0.1) is 0 Å². The Labute approximate surface area is 162 Å². The summed E-state index contributed by atoms with van der Waals surface area (Å²) in [5.74, 6) is 0.670. The van der Waals surface area contributed by atoms with E-state index in [4.69, 9.17) is 4.98 Å². The number of para-hydroxylation sites is 1. The van der Waals surface area contributed by atoms with Crippen LogP contribution in [0.2, 0.25) is 0 Å². The zero-order chi connectivity index (χ0) is 19.1. The van der Waals surface area contributed by atoms with Crippen LogP contribution in [0.4, 0.5) is 0 Å². The maximum absolute atomic E-state index is 13.3. The van der Waals surface area contributed by atoms with E-state index in [1.807, 2.05) is 79.7 Å². The molecule has 28 heavy (non-hydrogen) atoms. The van der Waals surface area contributed by atoms with Gasteiger partial charge in [0, 0.05) is 5.56 Å². The van der Waals surface area contributed by atoms with Gasteiger partial charge < -0.3 is 4.57 Å². The number of hydrogen-bond donors (Lipinski definition) is 0. The summed E-state index contributed by atoms with van der Waals surface area (Å²) < 4.78 is 3.87. The van der Waals surface area contributed by atoms with Gasteiger partial charge in [0.15, 0.2) is 0 Å². The van der Waals surface area contributed by atoms with Crippen molar-refractivity contribution in [1.82, 2.24) is 14.0 Å². The molecule has 0 radical (unpaired) electrons. The first kappa shape index (κ1) is 16.5. The molecule has 5 rings (SSSR count). The van der Waals surface area contributed by atoms with E-state index in [0.29, 0.717) is 17.7 Å². The summed E-state index contributed by atoms with van der Waals surface area (Å²) >= 11 is 0. The SMILES string of the molecule is Cc1c(-c2ccccc2)nc2n(Cc3ccccc3)c3ccccc3c(=O)n12. The maximum Gasteiger partial charge on any atom is 0.267 e. The van der Waals surface area contributed by atoms with E-state index >= 15 is 0 Å². The van der Waals surface area contributed by atoms with Crippen molar-refractivity contribution in [3.8, 4) is 11.3 Å². The lowest BCUT2D eigenvalue weighted by atomic mass is 10.1. The molecule has 2 aromatic heterocycles. The van der Waals surface area contributed by atoms with Gasteiger partial charge in [0.25, 0.3) is 5.56 Å². The Hall–Kier alpha value is -3.66. The van der Waals surface area contributed by atoms with Crippen LogP contribution in [0.25, 0.3) is 27.9 Å². The highest BCUT2D eigenvalue weighted by Crippen LogP contribution is 2.25. The van der Waals surface area contributed by atoms with Crippen molar-refractivity contribution < 1.29 is 0 Å². The number of aromatic nitrogens is 3. The molecule has 4 heteroatoms. The Kier molecular flexibility index (Phi) is 3.83. The molecular formula is C24H19N3O. The molecule has 0 atom stereocenters. The van der Waals surface area contributed by atoms with Crippen molar-refractivity contribution in [2.45, 2.75) is 13.5 Å². The Morgan fingerprint density at radius 2 is 1.46 bits per heavy atom. The van der Waals surface area contributed by atoms with Gasteiger partial charge in [-0.1, -0.05) is 72.8 Å². The average molecular weight is 365 g/mol. The highest BCUT2D eigenvalue weighted by molar-refractivity contribution is 5.81. The molecule has 2 heterocycles. The van der Waals surface area contributed by atoms with E-state index in [0.717, 1.165) is 22.5 Å². The van der Waals surface area contributed by atoms with Crippen LogP contribution in [0.15, 0.2) is 89.7 Å². The van der Waals surface area contributed by atoms with E-state index < -0.39 is 0 Å². The summed E-state index contributed by atoms with van der Waals surface area (Å²) in [7, 11) is 0. The highest BCUT2D eigenvalue weighted by Gasteiger charge is 2.18. The molecular weight excluding hydrogens is 346 g/mol. The zero-order valence-corrected chi connectivity index (χ0v) is 15.5. The number of aryl methyl sites for hydroxylation is 1. The molecule has 0 spiro atoms. The molecule has 0 fully saturated rings. The number of fused-ring (bicyclic) bond motifs is 2. The normalized spacial score (nSPS) is 11.3. The fraction of sp³-hybridized carbons (Fsp3) is 0.0833. The number of benzene rings is 3. The molecule has 0 aliphatic heterocycles. The van der Waals surface area contributed by atoms with E-state index in [9.17, 15) is 4.79 Å². The Morgan fingerprint density at radius 3 is 2.21 bits per heavy atom. The number of rotatable bonds is 3. The lowest BCUT2D eigenvalue weighted by Crippen LogP contribution is -2.20. The van der Waals surface area contributed by atoms with Gasteiger partial charge in [-0.25, -0.2) is 9.38 Å². The van der Waals surface area contributed by atoms with Crippen LogP contribution in [-0.2, 0) is 6.54 Å². The van der Waals surface area contributed by atoms with Crippen LogP contribution < -0.4 is 5.56 Å². The van der Waals surface area contributed by atoms with Gasteiger partial charge in [-0.05, 0) is 24.6 Å². The van der Waals surface area contributed by atoms with Crippen molar-refractivity contribution in [2.24, 2.45) is 0 Å². The van der Waals surface area contributed by atoms with Crippen LogP contribution in [-0.4, -0.2) is 14.0 Å². The predicted octanol–water partition coefficient (Wildman–Crippen LogP) is 4.67. The summed E-state index contributed by atoms with van der Waals surface area (Å²) in [6.45, 7) is 2.61. The Balaban J connectivity index is 1.88.